The maximum atomic E-state index is 11.4. The number of methoxy groups -OCH3 is 1. The SMILES string of the molecule is COC(=O)C(C)(C)c1cccc(Cl)n1. The minimum atomic E-state index is -0.764. The number of rotatable bonds is 2. The quantitative estimate of drug-likeness (QED) is 0.559. The van der Waals surface area contributed by atoms with E-state index in [2.05, 4.69) is 9.72 Å². The number of esters is 1. The summed E-state index contributed by atoms with van der Waals surface area (Å²) >= 11 is 5.74. The molecule has 0 radical (unpaired) electrons. The van der Waals surface area contributed by atoms with Crippen molar-refractivity contribution in [2.24, 2.45) is 0 Å². The highest BCUT2D eigenvalue weighted by Crippen LogP contribution is 2.23. The zero-order valence-electron chi connectivity index (χ0n) is 8.37. The highest BCUT2D eigenvalue weighted by atomic mass is 35.5. The first-order valence-corrected chi connectivity index (χ1v) is 4.57. The van der Waals surface area contributed by atoms with Gasteiger partial charge in [0.15, 0.2) is 0 Å². The Morgan fingerprint density at radius 1 is 1.50 bits per heavy atom. The third-order valence-corrected chi connectivity index (χ3v) is 2.26. The second-order valence-corrected chi connectivity index (χ2v) is 3.85. The normalized spacial score (nSPS) is 11.1. The van der Waals surface area contributed by atoms with Crippen LogP contribution in [0, 0.1) is 0 Å². The number of carbonyl (C=O) groups is 1. The van der Waals surface area contributed by atoms with Gasteiger partial charge in [0.1, 0.15) is 10.6 Å². The predicted octanol–water partition coefficient (Wildman–Crippen LogP) is 2.19. The van der Waals surface area contributed by atoms with E-state index in [0.29, 0.717) is 10.8 Å². The lowest BCUT2D eigenvalue weighted by molar-refractivity contribution is -0.146. The van der Waals surface area contributed by atoms with Crippen molar-refractivity contribution >= 4 is 17.6 Å². The third kappa shape index (κ3) is 2.04. The molecule has 0 saturated carbocycles. The number of carbonyl (C=O) groups excluding carboxylic acids is 1. The van der Waals surface area contributed by atoms with Gasteiger partial charge in [-0.15, -0.1) is 0 Å². The summed E-state index contributed by atoms with van der Waals surface area (Å²) in [6.07, 6.45) is 0. The standard InChI is InChI=1S/C10H12ClNO2/c1-10(2,9(13)14-3)7-5-4-6-8(11)12-7/h4-6H,1-3H3. The minimum Gasteiger partial charge on any atom is -0.468 e. The van der Waals surface area contributed by atoms with E-state index in [0.717, 1.165) is 0 Å². The molecule has 0 amide bonds. The summed E-state index contributed by atoms with van der Waals surface area (Å²) in [5.74, 6) is -0.327. The summed E-state index contributed by atoms with van der Waals surface area (Å²) in [5, 5.41) is 0.375. The topological polar surface area (TPSA) is 39.2 Å². The van der Waals surface area contributed by atoms with Gasteiger partial charge < -0.3 is 4.74 Å². The molecule has 0 unspecified atom stereocenters. The van der Waals surface area contributed by atoms with E-state index in [1.165, 1.54) is 7.11 Å². The Bertz CT molecular complexity index is 350. The smallest absolute Gasteiger partial charge is 0.317 e. The van der Waals surface area contributed by atoms with Gasteiger partial charge >= 0.3 is 5.97 Å². The molecule has 0 aromatic carbocycles. The van der Waals surface area contributed by atoms with Gasteiger partial charge in [-0.25, -0.2) is 4.98 Å². The van der Waals surface area contributed by atoms with Crippen LogP contribution in [0.5, 0.6) is 0 Å². The molecule has 4 heteroatoms. The van der Waals surface area contributed by atoms with Crippen LogP contribution in [-0.2, 0) is 14.9 Å². The minimum absolute atomic E-state index is 0.327. The zero-order valence-corrected chi connectivity index (χ0v) is 9.13. The van der Waals surface area contributed by atoms with Gasteiger partial charge in [-0.3, -0.25) is 4.79 Å². The lowest BCUT2D eigenvalue weighted by Gasteiger charge is -2.20. The molecular weight excluding hydrogens is 202 g/mol. The zero-order chi connectivity index (χ0) is 10.8. The van der Waals surface area contributed by atoms with Gasteiger partial charge in [0.2, 0.25) is 0 Å². The Kier molecular flexibility index (Phi) is 3.11. The molecule has 0 aliphatic rings. The maximum absolute atomic E-state index is 11.4. The molecule has 0 aliphatic heterocycles. The van der Waals surface area contributed by atoms with Gasteiger partial charge in [0.05, 0.1) is 12.8 Å². The average molecular weight is 214 g/mol. The van der Waals surface area contributed by atoms with Crippen LogP contribution in [0.1, 0.15) is 19.5 Å². The number of pyridine rings is 1. The molecule has 1 heterocycles. The van der Waals surface area contributed by atoms with E-state index >= 15 is 0 Å². The van der Waals surface area contributed by atoms with Gasteiger partial charge in [0.25, 0.3) is 0 Å². The van der Waals surface area contributed by atoms with E-state index < -0.39 is 5.41 Å². The Labute approximate surface area is 88.1 Å². The summed E-state index contributed by atoms with van der Waals surface area (Å²) in [5.41, 5.74) is -0.156. The molecule has 0 N–H and O–H groups in total. The number of aromatic nitrogens is 1. The number of hydrogen-bond donors (Lipinski definition) is 0. The van der Waals surface area contributed by atoms with Crippen LogP contribution in [0.15, 0.2) is 18.2 Å². The Hall–Kier alpha value is -1.09. The lowest BCUT2D eigenvalue weighted by atomic mass is 9.89. The van der Waals surface area contributed by atoms with E-state index in [1.54, 1.807) is 32.0 Å². The second kappa shape index (κ2) is 3.96. The van der Waals surface area contributed by atoms with Crippen molar-refractivity contribution in [1.29, 1.82) is 0 Å². The number of halogens is 1. The van der Waals surface area contributed by atoms with Crippen molar-refractivity contribution in [3.8, 4) is 0 Å². The molecule has 3 nitrogen and oxygen atoms in total. The monoisotopic (exact) mass is 213 g/mol. The summed E-state index contributed by atoms with van der Waals surface area (Å²) in [6.45, 7) is 3.50. The summed E-state index contributed by atoms with van der Waals surface area (Å²) in [4.78, 5) is 15.5. The predicted molar refractivity (Wildman–Crippen MR) is 54.3 cm³/mol. The highest BCUT2D eigenvalue weighted by molar-refractivity contribution is 6.29. The Morgan fingerprint density at radius 3 is 2.64 bits per heavy atom. The van der Waals surface area contributed by atoms with Crippen molar-refractivity contribution in [3.05, 3.63) is 29.0 Å². The van der Waals surface area contributed by atoms with Crippen molar-refractivity contribution < 1.29 is 9.53 Å². The third-order valence-electron chi connectivity index (χ3n) is 2.05. The first kappa shape index (κ1) is 11.0. The molecule has 76 valence electrons. The molecule has 1 aromatic rings. The number of hydrogen-bond acceptors (Lipinski definition) is 3. The molecule has 0 aliphatic carbocycles. The molecule has 1 rings (SSSR count). The summed E-state index contributed by atoms with van der Waals surface area (Å²) in [6, 6.07) is 5.18. The van der Waals surface area contributed by atoms with Crippen LogP contribution in [-0.4, -0.2) is 18.1 Å². The van der Waals surface area contributed by atoms with E-state index in [1.807, 2.05) is 0 Å². The van der Waals surface area contributed by atoms with E-state index in [-0.39, 0.29) is 5.97 Å². The molecule has 0 bridgehead atoms. The Balaban J connectivity index is 3.09. The van der Waals surface area contributed by atoms with Crippen LogP contribution >= 0.6 is 11.6 Å². The Morgan fingerprint density at radius 2 is 2.14 bits per heavy atom. The average Bonchev–Trinajstić information content (AvgIpc) is 2.16. The lowest BCUT2D eigenvalue weighted by Crippen LogP contribution is -2.31. The van der Waals surface area contributed by atoms with Crippen molar-refractivity contribution in [2.75, 3.05) is 7.11 Å². The van der Waals surface area contributed by atoms with Crippen LogP contribution in [0.25, 0.3) is 0 Å². The van der Waals surface area contributed by atoms with Crippen LogP contribution in [0.2, 0.25) is 5.15 Å². The van der Waals surface area contributed by atoms with Crippen LogP contribution < -0.4 is 0 Å². The van der Waals surface area contributed by atoms with Crippen molar-refractivity contribution in [1.82, 2.24) is 4.98 Å². The van der Waals surface area contributed by atoms with Crippen molar-refractivity contribution in [3.63, 3.8) is 0 Å². The summed E-state index contributed by atoms with van der Waals surface area (Å²) in [7, 11) is 1.36. The fraction of sp³-hybridized carbons (Fsp3) is 0.400. The molecule has 1 aromatic heterocycles. The van der Waals surface area contributed by atoms with Crippen LogP contribution in [0.3, 0.4) is 0 Å². The number of nitrogens with zero attached hydrogens (tertiary/aromatic N) is 1. The van der Waals surface area contributed by atoms with Crippen molar-refractivity contribution in [2.45, 2.75) is 19.3 Å². The van der Waals surface area contributed by atoms with E-state index in [9.17, 15) is 4.79 Å². The first-order chi connectivity index (χ1) is 6.48. The second-order valence-electron chi connectivity index (χ2n) is 3.46. The number of ether oxygens (including phenoxy) is 1. The molecule has 14 heavy (non-hydrogen) atoms. The van der Waals surface area contributed by atoms with Crippen LogP contribution in [0.4, 0.5) is 0 Å². The highest BCUT2D eigenvalue weighted by Gasteiger charge is 2.32. The largest absolute Gasteiger partial charge is 0.468 e. The van der Waals surface area contributed by atoms with Gasteiger partial charge in [-0.05, 0) is 26.0 Å². The van der Waals surface area contributed by atoms with Gasteiger partial charge in [0, 0.05) is 0 Å². The fourth-order valence-electron chi connectivity index (χ4n) is 1.12. The molecular formula is C10H12ClNO2. The van der Waals surface area contributed by atoms with Gasteiger partial charge in [-0.2, -0.15) is 0 Å². The molecule has 0 atom stereocenters. The summed E-state index contributed by atoms with van der Waals surface area (Å²) < 4.78 is 4.69. The molecule has 0 saturated heterocycles. The molecule has 0 spiro atoms. The maximum Gasteiger partial charge on any atom is 0.317 e. The van der Waals surface area contributed by atoms with E-state index in [4.69, 9.17) is 11.6 Å². The molecule has 0 fully saturated rings. The first-order valence-electron chi connectivity index (χ1n) is 4.20. The fourth-order valence-corrected chi connectivity index (χ4v) is 1.28. The van der Waals surface area contributed by atoms with Gasteiger partial charge in [-0.1, -0.05) is 17.7 Å².